The number of Topliss-reactive ketones (excluding diaryl/α,β-unsaturated/α-hetero) is 1. The van der Waals surface area contributed by atoms with Crippen LogP contribution in [0.3, 0.4) is 0 Å². The van der Waals surface area contributed by atoms with E-state index in [9.17, 15) is 44.1 Å². The lowest BCUT2D eigenvalue weighted by atomic mass is 9.85. The van der Waals surface area contributed by atoms with Crippen LogP contribution in [0.25, 0.3) is 10.9 Å². The summed E-state index contributed by atoms with van der Waals surface area (Å²) in [5.74, 6) is -13.2. The Bertz CT molecular complexity index is 3940. The summed E-state index contributed by atoms with van der Waals surface area (Å²) < 4.78 is 0. The number of nitrogens with one attached hydrogen (secondary N) is 9. The molecule has 0 bridgehead atoms. The third-order valence-corrected chi connectivity index (χ3v) is 18.5. The number of aromatic hydroxyl groups is 1. The molecule has 1 aliphatic heterocycles. The second kappa shape index (κ2) is 41.6. The molecule has 580 valence electrons. The number of nitrogens with zero attached hydrogens (tertiary/aromatic N) is 4. The van der Waals surface area contributed by atoms with Crippen molar-refractivity contribution >= 4 is 111 Å². The minimum Gasteiger partial charge on any atom is -0.508 e. The molecule has 2 heterocycles. The number of ketones is 1. The Labute approximate surface area is 631 Å². The zero-order chi connectivity index (χ0) is 78.7. The molecule has 0 radical (unpaired) electrons. The van der Waals surface area contributed by atoms with Gasteiger partial charge in [0.25, 0.3) is 11.8 Å². The Morgan fingerprint density at radius 2 is 1.17 bits per heavy atom. The fraction of sp³-hybridized carbons (Fsp3) is 0.473. The summed E-state index contributed by atoms with van der Waals surface area (Å²) >= 11 is 12.3. The van der Waals surface area contributed by atoms with Crippen LogP contribution in [-0.2, 0) is 78.4 Å². The van der Waals surface area contributed by atoms with Crippen LogP contribution in [0.1, 0.15) is 115 Å². The minimum absolute atomic E-state index is 0.00590. The average molecular weight is 1520 g/mol. The zero-order valence-corrected chi connectivity index (χ0v) is 62.5. The minimum atomic E-state index is -3.39. The average Bonchev–Trinajstić information content (AvgIpc) is 1.49. The number of amides is 9. The van der Waals surface area contributed by atoms with E-state index >= 15 is 24.0 Å². The van der Waals surface area contributed by atoms with Crippen molar-refractivity contribution in [1.82, 2.24) is 57.3 Å². The monoisotopic (exact) mass is 1520 g/mol. The van der Waals surface area contributed by atoms with E-state index in [1.54, 1.807) is 68.6 Å². The molecule has 9 amide bonds. The van der Waals surface area contributed by atoms with Gasteiger partial charge in [0.1, 0.15) is 42.0 Å². The number of likely N-dealkylation sites (tertiary alicyclic amines) is 1. The molecule has 5 aromatic rings. The molecule has 10 atom stereocenters. The van der Waals surface area contributed by atoms with Crippen LogP contribution in [0, 0.1) is 5.92 Å². The van der Waals surface area contributed by atoms with E-state index in [2.05, 4.69) is 57.5 Å². The Morgan fingerprint density at radius 3 is 1.76 bits per heavy atom. The molecule has 4 aromatic carbocycles. The molecule has 0 saturated carbocycles. The molecule has 1 aliphatic rings. The predicted molar refractivity (Wildman–Crippen MR) is 405 cm³/mol. The Morgan fingerprint density at radius 1 is 0.636 bits per heavy atom. The topological polar surface area (TPSA) is 496 Å². The van der Waals surface area contributed by atoms with Gasteiger partial charge >= 0.3 is 5.97 Å². The summed E-state index contributed by atoms with van der Waals surface area (Å²) in [5, 5.41) is 56.4. The molecule has 33 heteroatoms. The first-order chi connectivity index (χ1) is 50.9. The van der Waals surface area contributed by atoms with Crippen molar-refractivity contribution in [2.24, 2.45) is 38.8 Å². The van der Waals surface area contributed by atoms with Crippen molar-refractivity contribution < 1.29 is 68.1 Å². The molecule has 1 saturated heterocycles. The van der Waals surface area contributed by atoms with Gasteiger partial charge in [-0.15, -0.1) is 0 Å². The smallest absolute Gasteiger partial charge is 0.337 e. The lowest BCUT2D eigenvalue weighted by Gasteiger charge is -2.41. The summed E-state index contributed by atoms with van der Waals surface area (Å²) in [4.78, 5) is 176. The van der Waals surface area contributed by atoms with E-state index in [1.807, 2.05) is 13.8 Å². The molecular formula is C74H101Cl2N17O14. The number of hydrogen-bond acceptors (Lipinski definition) is 17. The number of fused-ring (bicyclic) bond motifs is 1. The number of imide groups is 1. The zero-order valence-electron chi connectivity index (χ0n) is 61.0. The molecular weight excluding hydrogens is 1420 g/mol. The summed E-state index contributed by atoms with van der Waals surface area (Å²) in [7, 11) is 0. The van der Waals surface area contributed by atoms with Crippen LogP contribution in [0.15, 0.2) is 113 Å². The van der Waals surface area contributed by atoms with Crippen LogP contribution >= 0.6 is 23.2 Å². The number of halogens is 2. The van der Waals surface area contributed by atoms with Crippen molar-refractivity contribution in [3.63, 3.8) is 0 Å². The maximum Gasteiger partial charge on any atom is 0.337 e. The first-order valence-corrected chi connectivity index (χ1v) is 36.4. The number of aliphatic hydroxyl groups is 1. The highest BCUT2D eigenvalue weighted by Gasteiger charge is 2.58. The normalized spacial score (nSPS) is 15.4. The van der Waals surface area contributed by atoms with Crippen molar-refractivity contribution in [2.45, 2.75) is 179 Å². The molecule has 0 spiro atoms. The number of benzene rings is 4. The molecule has 6 rings (SSSR count). The van der Waals surface area contributed by atoms with Crippen LogP contribution in [0.2, 0.25) is 10.0 Å². The standard InChI is InChI=1S/C74H101Cl2N17O14/c1-7-81-73(82-8-2)84-32-12-11-16-52(77)63(98)88-57(35-42(3)4)65(100)87-55(18-13-33-83-72(79)80)68(103)92-34-14-19-61(92)70(105)93(74(6,71(106)107)62(97)56(86-43(5)95)37-45-22-28-49(76)29-23-45)69(104)59(38-46-24-30-50(96)31-25-46)90-67(102)60(41-94)91-66(101)58(39-47-40-85-54-17-10-9-15-51(47)54)89-64(99)53(78)36-44-20-26-48(75)27-21-44/h9-10,15,17,20-31,40,42,52-53,55-61,85,94,96H,7-8,11-14,16,18-19,32-39,41,77-78H2,1-6H3,(H,86,95)(H,87,100)(H,88,98)(H,89,99)(H,90,102)(H,91,101)(H,106,107)(H4,79,80,83)(H2,81,82,84)/t52-,53-,55+,56-,57+,58-,59+,60+,61+,74+/m1/s1. The fourth-order valence-electron chi connectivity index (χ4n) is 12.4. The van der Waals surface area contributed by atoms with Gasteiger partial charge in [-0.1, -0.05) is 91.6 Å². The molecule has 1 fully saturated rings. The van der Waals surface area contributed by atoms with Crippen molar-refractivity contribution in [2.75, 3.05) is 39.3 Å². The van der Waals surface area contributed by atoms with Gasteiger partial charge in [0.2, 0.25) is 46.9 Å². The highest BCUT2D eigenvalue weighted by Crippen LogP contribution is 2.31. The SMILES string of the molecule is CCNC(=NCCCC[C@@H](N)C(=O)N[C@@H](CC(C)C)C(=O)N[C@@H](CCCN=C(N)N)C(=O)N1CCC[C@H]1C(=O)N(C(=O)[C@H](Cc1ccc(O)cc1)NC(=O)[C@H](CO)NC(=O)[C@@H](Cc1c[nH]c2ccccc12)NC(=O)[C@H](N)Cc1ccc(Cl)cc1)[C@](C)(C(=O)O)C(=O)[C@@H](Cc1ccc(Cl)cc1)NC(C)=O)NCC. The fourth-order valence-corrected chi connectivity index (χ4v) is 12.7. The Kier molecular flexibility index (Phi) is 33.3. The molecule has 20 N–H and O–H groups in total. The van der Waals surface area contributed by atoms with E-state index in [4.69, 9.17) is 46.1 Å². The number of nitrogens with two attached hydrogens (primary N) is 4. The molecule has 0 unspecified atom stereocenters. The van der Waals surface area contributed by atoms with E-state index < -0.39 is 144 Å². The molecule has 107 heavy (non-hydrogen) atoms. The number of unbranched alkanes of at least 4 members (excludes halogenated alkanes) is 1. The van der Waals surface area contributed by atoms with Gasteiger partial charge in [0.15, 0.2) is 17.7 Å². The first kappa shape index (κ1) is 85.7. The second-order valence-corrected chi connectivity index (χ2v) is 27.7. The summed E-state index contributed by atoms with van der Waals surface area (Å²) in [6.07, 6.45) is 1.22. The van der Waals surface area contributed by atoms with Crippen LogP contribution in [-0.4, -0.2) is 206 Å². The molecule has 0 aliphatic carbocycles. The molecule has 31 nitrogen and oxygen atoms in total. The predicted octanol–water partition coefficient (Wildman–Crippen LogP) is 1.63. The lowest BCUT2D eigenvalue weighted by molar-refractivity contribution is -0.173. The highest BCUT2D eigenvalue weighted by molar-refractivity contribution is 6.31. The van der Waals surface area contributed by atoms with Crippen LogP contribution in [0.5, 0.6) is 5.75 Å². The third-order valence-electron chi connectivity index (χ3n) is 18.0. The second-order valence-electron chi connectivity index (χ2n) is 26.9. The number of aromatic amines is 1. The van der Waals surface area contributed by atoms with Gasteiger partial charge in [-0.25, -0.2) is 4.79 Å². The maximum absolute atomic E-state index is 16.3. The van der Waals surface area contributed by atoms with Crippen molar-refractivity contribution in [3.8, 4) is 5.75 Å². The molecule has 1 aromatic heterocycles. The number of phenolic OH excluding ortho intramolecular Hbond substituents is 1. The number of aliphatic carboxylic acids is 1. The van der Waals surface area contributed by atoms with E-state index in [-0.39, 0.29) is 97.6 Å². The summed E-state index contributed by atoms with van der Waals surface area (Å²) in [6.45, 7) is 9.52. The van der Waals surface area contributed by atoms with Gasteiger partial charge < -0.3 is 90.7 Å². The van der Waals surface area contributed by atoms with Gasteiger partial charge in [-0.2, -0.15) is 0 Å². The number of carbonyl (C=O) groups is 11. The number of para-hydroxylation sites is 1. The van der Waals surface area contributed by atoms with E-state index in [0.29, 0.717) is 71.1 Å². The van der Waals surface area contributed by atoms with Crippen LogP contribution < -0.4 is 65.5 Å². The van der Waals surface area contributed by atoms with Gasteiger partial charge in [0, 0.05) is 79.6 Å². The summed E-state index contributed by atoms with van der Waals surface area (Å²) in [6, 6.07) is 10.2. The van der Waals surface area contributed by atoms with Gasteiger partial charge in [0.05, 0.1) is 24.7 Å². The number of guanidine groups is 2. The van der Waals surface area contributed by atoms with E-state index in [0.717, 1.165) is 18.7 Å². The number of phenols is 1. The number of rotatable bonds is 40. The maximum atomic E-state index is 16.3. The summed E-state index contributed by atoms with van der Waals surface area (Å²) in [5.41, 5.74) is 23.1. The number of aliphatic imine (C=N–C) groups is 2. The lowest BCUT2D eigenvalue weighted by Crippen LogP contribution is -2.71. The first-order valence-electron chi connectivity index (χ1n) is 35.7. The quantitative estimate of drug-likeness (QED) is 0.0115. The highest BCUT2D eigenvalue weighted by atomic mass is 35.5. The Hall–Kier alpha value is -10.2. The van der Waals surface area contributed by atoms with Gasteiger partial charge in [-0.05, 0) is 156 Å². The van der Waals surface area contributed by atoms with E-state index in [1.165, 1.54) is 48.5 Å². The number of carboxylic acids is 1. The number of aromatic nitrogens is 1. The van der Waals surface area contributed by atoms with Crippen molar-refractivity contribution in [1.29, 1.82) is 0 Å². The Balaban J connectivity index is 1.41. The number of aliphatic hydroxyl groups excluding tert-OH is 1. The van der Waals surface area contributed by atoms with Crippen molar-refractivity contribution in [3.05, 3.63) is 136 Å². The number of hydrogen-bond donors (Lipinski definition) is 16. The third kappa shape index (κ3) is 25.2. The number of carbonyl (C=O) groups excluding carboxylic acids is 10. The number of carboxylic acid groups (broad SMARTS) is 1. The van der Waals surface area contributed by atoms with Crippen LogP contribution in [0.4, 0.5) is 0 Å². The van der Waals surface area contributed by atoms with Gasteiger partial charge in [-0.3, -0.25) is 62.8 Å². The number of H-pyrrole nitrogens is 1. The largest absolute Gasteiger partial charge is 0.508 e.